The number of nitrogens with two attached hydrogens (primary N) is 1. The summed E-state index contributed by atoms with van der Waals surface area (Å²) >= 11 is 0. The van der Waals surface area contributed by atoms with Gasteiger partial charge in [0.05, 0.1) is 12.6 Å². The molecule has 0 radical (unpaired) electrons. The van der Waals surface area contributed by atoms with E-state index in [1.165, 1.54) is 7.11 Å². The van der Waals surface area contributed by atoms with Crippen LogP contribution in [-0.2, 0) is 14.3 Å². The van der Waals surface area contributed by atoms with E-state index in [1.807, 2.05) is 6.92 Å². The highest BCUT2D eigenvalue weighted by molar-refractivity contribution is 5.85. The summed E-state index contributed by atoms with van der Waals surface area (Å²) in [4.78, 5) is 24.3. The normalized spacial score (nSPS) is 14.1. The SMILES string of the molecule is CCC(C)(N)C(=O)N(C)CCCC(=O)OC. The van der Waals surface area contributed by atoms with Gasteiger partial charge in [0, 0.05) is 20.0 Å². The van der Waals surface area contributed by atoms with Crippen molar-refractivity contribution < 1.29 is 14.3 Å². The van der Waals surface area contributed by atoms with Crippen LogP contribution in [0.3, 0.4) is 0 Å². The largest absolute Gasteiger partial charge is 0.469 e. The number of hydrogen-bond donors (Lipinski definition) is 1. The summed E-state index contributed by atoms with van der Waals surface area (Å²) in [6.07, 6.45) is 1.50. The number of rotatable bonds is 6. The molecule has 16 heavy (non-hydrogen) atoms. The summed E-state index contributed by atoms with van der Waals surface area (Å²) in [7, 11) is 3.05. The molecule has 5 nitrogen and oxygen atoms in total. The molecule has 0 aromatic rings. The van der Waals surface area contributed by atoms with Crippen molar-refractivity contribution in [1.82, 2.24) is 4.90 Å². The van der Waals surface area contributed by atoms with Crippen molar-refractivity contribution in [2.75, 3.05) is 20.7 Å². The van der Waals surface area contributed by atoms with Crippen molar-refractivity contribution in [2.24, 2.45) is 5.73 Å². The van der Waals surface area contributed by atoms with Crippen molar-refractivity contribution in [3.8, 4) is 0 Å². The van der Waals surface area contributed by atoms with Gasteiger partial charge in [-0.05, 0) is 19.8 Å². The smallest absolute Gasteiger partial charge is 0.305 e. The summed E-state index contributed by atoms with van der Waals surface area (Å²) in [6, 6.07) is 0. The van der Waals surface area contributed by atoms with Crippen LogP contribution in [0.5, 0.6) is 0 Å². The van der Waals surface area contributed by atoms with E-state index in [2.05, 4.69) is 4.74 Å². The lowest BCUT2D eigenvalue weighted by Crippen LogP contribution is -2.51. The Morgan fingerprint density at radius 1 is 1.44 bits per heavy atom. The van der Waals surface area contributed by atoms with Gasteiger partial charge in [-0.15, -0.1) is 0 Å². The molecule has 1 amide bonds. The Balaban J connectivity index is 4.02. The molecule has 2 N–H and O–H groups in total. The van der Waals surface area contributed by atoms with Crippen molar-refractivity contribution in [3.05, 3.63) is 0 Å². The Morgan fingerprint density at radius 2 is 2.00 bits per heavy atom. The zero-order valence-electron chi connectivity index (χ0n) is 10.6. The maximum absolute atomic E-state index is 11.8. The summed E-state index contributed by atoms with van der Waals surface area (Å²) < 4.78 is 4.51. The minimum absolute atomic E-state index is 0.0973. The molecule has 0 bridgehead atoms. The molecule has 0 fully saturated rings. The standard InChI is InChI=1S/C11H22N2O3/c1-5-11(2,12)10(15)13(3)8-6-7-9(14)16-4/h5-8,12H2,1-4H3. The van der Waals surface area contributed by atoms with Crippen molar-refractivity contribution in [2.45, 2.75) is 38.6 Å². The van der Waals surface area contributed by atoms with E-state index in [9.17, 15) is 9.59 Å². The Labute approximate surface area is 96.9 Å². The van der Waals surface area contributed by atoms with Crippen LogP contribution in [0.25, 0.3) is 0 Å². The number of hydrogen-bond acceptors (Lipinski definition) is 4. The fraction of sp³-hybridized carbons (Fsp3) is 0.818. The first kappa shape index (κ1) is 14.9. The zero-order chi connectivity index (χ0) is 12.8. The molecule has 0 spiro atoms. The number of likely N-dealkylation sites (N-methyl/N-ethyl adjacent to an activating group) is 1. The minimum atomic E-state index is -0.819. The number of carbonyl (C=O) groups excluding carboxylic acids is 2. The maximum atomic E-state index is 11.8. The van der Waals surface area contributed by atoms with Gasteiger partial charge in [-0.2, -0.15) is 0 Å². The average molecular weight is 230 g/mol. The molecular formula is C11H22N2O3. The van der Waals surface area contributed by atoms with Crippen LogP contribution in [0.1, 0.15) is 33.1 Å². The predicted octanol–water partition coefficient (Wildman–Crippen LogP) is 0.525. The summed E-state index contributed by atoms with van der Waals surface area (Å²) in [5, 5.41) is 0. The van der Waals surface area contributed by atoms with Crippen LogP contribution < -0.4 is 5.73 Å². The van der Waals surface area contributed by atoms with Crippen LogP contribution >= 0.6 is 0 Å². The third-order valence-electron chi connectivity index (χ3n) is 2.67. The van der Waals surface area contributed by atoms with Gasteiger partial charge in [0.25, 0.3) is 0 Å². The monoisotopic (exact) mass is 230 g/mol. The molecule has 0 aliphatic carbocycles. The maximum Gasteiger partial charge on any atom is 0.305 e. The van der Waals surface area contributed by atoms with Gasteiger partial charge >= 0.3 is 5.97 Å². The van der Waals surface area contributed by atoms with E-state index in [1.54, 1.807) is 18.9 Å². The van der Waals surface area contributed by atoms with E-state index in [4.69, 9.17) is 5.73 Å². The lowest BCUT2D eigenvalue weighted by Gasteiger charge is -2.28. The topological polar surface area (TPSA) is 72.6 Å². The lowest BCUT2D eigenvalue weighted by atomic mass is 9.99. The molecule has 0 aromatic carbocycles. The van der Waals surface area contributed by atoms with Crippen LogP contribution in [0.2, 0.25) is 0 Å². The van der Waals surface area contributed by atoms with E-state index in [-0.39, 0.29) is 11.9 Å². The third-order valence-corrected chi connectivity index (χ3v) is 2.67. The average Bonchev–Trinajstić information content (AvgIpc) is 2.27. The van der Waals surface area contributed by atoms with Crippen molar-refractivity contribution in [3.63, 3.8) is 0 Å². The second-order valence-corrected chi connectivity index (χ2v) is 4.18. The van der Waals surface area contributed by atoms with Gasteiger partial charge in [0.2, 0.25) is 5.91 Å². The van der Waals surface area contributed by atoms with Gasteiger partial charge in [0.15, 0.2) is 0 Å². The van der Waals surface area contributed by atoms with E-state index < -0.39 is 5.54 Å². The molecule has 0 aliphatic rings. The Kier molecular flexibility index (Phi) is 6.03. The van der Waals surface area contributed by atoms with Gasteiger partial charge in [0.1, 0.15) is 0 Å². The third kappa shape index (κ3) is 4.61. The molecule has 5 heteroatoms. The van der Waals surface area contributed by atoms with Crippen molar-refractivity contribution >= 4 is 11.9 Å². The van der Waals surface area contributed by atoms with E-state index in [0.717, 1.165) is 0 Å². The number of methoxy groups -OCH3 is 1. The number of amides is 1. The quantitative estimate of drug-likeness (QED) is 0.675. The number of nitrogens with zero attached hydrogens (tertiary/aromatic N) is 1. The molecule has 0 aromatic heterocycles. The van der Waals surface area contributed by atoms with Crippen LogP contribution in [-0.4, -0.2) is 43.0 Å². The highest BCUT2D eigenvalue weighted by Gasteiger charge is 2.28. The molecule has 0 aliphatic heterocycles. The van der Waals surface area contributed by atoms with E-state index >= 15 is 0 Å². The molecule has 0 heterocycles. The van der Waals surface area contributed by atoms with Crippen LogP contribution in [0.4, 0.5) is 0 Å². The summed E-state index contributed by atoms with van der Waals surface area (Å²) in [6.45, 7) is 4.10. The van der Waals surface area contributed by atoms with Crippen LogP contribution in [0.15, 0.2) is 0 Å². The van der Waals surface area contributed by atoms with Gasteiger partial charge < -0.3 is 15.4 Å². The van der Waals surface area contributed by atoms with Gasteiger partial charge in [-0.3, -0.25) is 9.59 Å². The highest BCUT2D eigenvalue weighted by atomic mass is 16.5. The summed E-state index contributed by atoms with van der Waals surface area (Å²) in [5.74, 6) is -0.355. The van der Waals surface area contributed by atoms with Crippen LogP contribution in [0, 0.1) is 0 Å². The molecule has 1 unspecified atom stereocenters. The molecule has 0 rings (SSSR count). The first-order chi connectivity index (χ1) is 7.35. The highest BCUT2D eigenvalue weighted by Crippen LogP contribution is 2.09. The lowest BCUT2D eigenvalue weighted by molar-refractivity contribution is -0.141. The first-order valence-electron chi connectivity index (χ1n) is 5.46. The number of esters is 1. The fourth-order valence-electron chi connectivity index (χ4n) is 1.25. The predicted molar refractivity (Wildman–Crippen MR) is 61.8 cm³/mol. The fourth-order valence-corrected chi connectivity index (χ4v) is 1.25. The van der Waals surface area contributed by atoms with E-state index in [0.29, 0.717) is 25.8 Å². The molecule has 0 saturated carbocycles. The molecule has 1 atom stereocenters. The van der Waals surface area contributed by atoms with Crippen molar-refractivity contribution in [1.29, 1.82) is 0 Å². The van der Waals surface area contributed by atoms with Gasteiger partial charge in [-0.25, -0.2) is 0 Å². The second kappa shape index (κ2) is 6.48. The molecule has 0 saturated heterocycles. The first-order valence-corrected chi connectivity index (χ1v) is 5.46. The molecular weight excluding hydrogens is 208 g/mol. The zero-order valence-corrected chi connectivity index (χ0v) is 10.6. The minimum Gasteiger partial charge on any atom is -0.469 e. The Morgan fingerprint density at radius 3 is 2.44 bits per heavy atom. The summed E-state index contributed by atoms with van der Waals surface area (Å²) in [5.41, 5.74) is 5.02. The Bertz CT molecular complexity index is 252. The second-order valence-electron chi connectivity index (χ2n) is 4.18. The number of ether oxygens (including phenoxy) is 1. The number of carbonyl (C=O) groups is 2. The Hall–Kier alpha value is -1.10. The molecule has 94 valence electrons. The van der Waals surface area contributed by atoms with Gasteiger partial charge in [-0.1, -0.05) is 6.92 Å².